The molecule has 4 aromatic rings. The van der Waals surface area contributed by atoms with Crippen LogP contribution in [0.4, 0.5) is 5.69 Å². The van der Waals surface area contributed by atoms with Gasteiger partial charge < -0.3 is 5.32 Å². The predicted molar refractivity (Wildman–Crippen MR) is 91.6 cm³/mol. The SMILES string of the molecule is O=C(Nc1ccccc1)c1ccc(-c2[nH]nc3ncccc23)s1. The molecule has 0 saturated heterocycles. The number of hydrogen-bond acceptors (Lipinski definition) is 4. The van der Waals surface area contributed by atoms with Crippen LogP contribution in [-0.4, -0.2) is 21.1 Å². The Bertz CT molecular complexity index is 974. The van der Waals surface area contributed by atoms with Crippen molar-refractivity contribution in [2.75, 3.05) is 5.32 Å². The highest BCUT2D eigenvalue weighted by Gasteiger charge is 2.14. The van der Waals surface area contributed by atoms with Gasteiger partial charge in [-0.15, -0.1) is 11.3 Å². The number of carbonyl (C=O) groups is 1. The van der Waals surface area contributed by atoms with E-state index in [9.17, 15) is 4.79 Å². The Hall–Kier alpha value is -2.99. The highest BCUT2D eigenvalue weighted by atomic mass is 32.1. The summed E-state index contributed by atoms with van der Waals surface area (Å²) in [6, 6.07) is 17.0. The van der Waals surface area contributed by atoms with Crippen LogP contribution >= 0.6 is 11.3 Å². The minimum Gasteiger partial charge on any atom is -0.321 e. The van der Waals surface area contributed by atoms with Gasteiger partial charge in [-0.3, -0.25) is 9.89 Å². The Morgan fingerprint density at radius 1 is 1.04 bits per heavy atom. The molecule has 0 saturated carbocycles. The second-order valence-electron chi connectivity index (χ2n) is 4.96. The molecule has 23 heavy (non-hydrogen) atoms. The van der Waals surface area contributed by atoms with E-state index in [-0.39, 0.29) is 5.91 Å². The largest absolute Gasteiger partial charge is 0.321 e. The number of hydrogen-bond donors (Lipinski definition) is 2. The van der Waals surface area contributed by atoms with E-state index in [0.717, 1.165) is 21.6 Å². The Labute approximate surface area is 136 Å². The Morgan fingerprint density at radius 3 is 2.78 bits per heavy atom. The number of anilines is 1. The molecule has 2 N–H and O–H groups in total. The number of para-hydroxylation sites is 1. The Morgan fingerprint density at radius 2 is 1.91 bits per heavy atom. The first-order valence-electron chi connectivity index (χ1n) is 7.07. The maximum absolute atomic E-state index is 12.3. The summed E-state index contributed by atoms with van der Waals surface area (Å²) in [5.41, 5.74) is 2.34. The van der Waals surface area contributed by atoms with Crippen LogP contribution in [0, 0.1) is 0 Å². The van der Waals surface area contributed by atoms with Crippen LogP contribution in [0.1, 0.15) is 9.67 Å². The molecule has 112 valence electrons. The zero-order chi connectivity index (χ0) is 15.6. The zero-order valence-corrected chi connectivity index (χ0v) is 12.8. The van der Waals surface area contributed by atoms with E-state index in [1.165, 1.54) is 11.3 Å². The molecule has 0 fully saturated rings. The van der Waals surface area contributed by atoms with Gasteiger partial charge in [0, 0.05) is 17.3 Å². The number of H-pyrrole nitrogens is 1. The lowest BCUT2D eigenvalue weighted by molar-refractivity contribution is 0.103. The van der Waals surface area contributed by atoms with E-state index in [1.54, 1.807) is 6.20 Å². The summed E-state index contributed by atoms with van der Waals surface area (Å²) in [5.74, 6) is -0.116. The lowest BCUT2D eigenvalue weighted by atomic mass is 10.2. The minimum absolute atomic E-state index is 0.116. The van der Waals surface area contributed by atoms with Crippen molar-refractivity contribution in [3.63, 3.8) is 0 Å². The lowest BCUT2D eigenvalue weighted by Gasteiger charge is -2.02. The van der Waals surface area contributed by atoms with E-state index in [1.807, 2.05) is 54.6 Å². The molecule has 0 aliphatic rings. The molecule has 0 bridgehead atoms. The monoisotopic (exact) mass is 320 g/mol. The van der Waals surface area contributed by atoms with Gasteiger partial charge in [0.1, 0.15) is 0 Å². The van der Waals surface area contributed by atoms with Gasteiger partial charge in [0.2, 0.25) is 0 Å². The second-order valence-corrected chi connectivity index (χ2v) is 6.04. The predicted octanol–water partition coefficient (Wildman–Crippen LogP) is 3.94. The van der Waals surface area contributed by atoms with Crippen molar-refractivity contribution in [3.8, 4) is 10.6 Å². The van der Waals surface area contributed by atoms with E-state index < -0.39 is 0 Å². The standard InChI is InChI=1S/C17H12N4OS/c22-17(19-11-5-2-1-3-6-11)14-9-8-13(23-14)15-12-7-4-10-18-16(12)21-20-15/h1-10H,(H,19,22)(H,18,20,21). The summed E-state index contributed by atoms with van der Waals surface area (Å²) in [7, 11) is 0. The average molecular weight is 320 g/mol. The molecule has 6 heteroatoms. The molecular formula is C17H12N4OS. The van der Waals surface area contributed by atoms with Crippen LogP contribution in [0.2, 0.25) is 0 Å². The van der Waals surface area contributed by atoms with Crippen molar-refractivity contribution in [3.05, 3.63) is 65.7 Å². The van der Waals surface area contributed by atoms with Gasteiger partial charge in [0.15, 0.2) is 5.65 Å². The molecule has 3 heterocycles. The van der Waals surface area contributed by atoms with Crippen LogP contribution in [0.3, 0.4) is 0 Å². The number of amides is 1. The van der Waals surface area contributed by atoms with Crippen LogP contribution in [0.25, 0.3) is 21.6 Å². The number of pyridine rings is 1. The maximum atomic E-state index is 12.3. The summed E-state index contributed by atoms with van der Waals surface area (Å²) < 4.78 is 0. The number of aromatic amines is 1. The molecule has 0 atom stereocenters. The van der Waals surface area contributed by atoms with Crippen LogP contribution in [-0.2, 0) is 0 Å². The fourth-order valence-corrected chi connectivity index (χ4v) is 3.26. The third-order valence-corrected chi connectivity index (χ3v) is 4.54. The van der Waals surface area contributed by atoms with Crippen molar-refractivity contribution in [1.82, 2.24) is 15.2 Å². The van der Waals surface area contributed by atoms with Gasteiger partial charge in [0.05, 0.1) is 15.4 Å². The van der Waals surface area contributed by atoms with Crippen LogP contribution in [0.5, 0.6) is 0 Å². The molecule has 1 aromatic carbocycles. The number of benzene rings is 1. The van der Waals surface area contributed by atoms with Gasteiger partial charge >= 0.3 is 0 Å². The topological polar surface area (TPSA) is 70.7 Å². The molecule has 0 radical (unpaired) electrons. The van der Waals surface area contributed by atoms with Crippen molar-refractivity contribution in [1.29, 1.82) is 0 Å². The first-order chi connectivity index (χ1) is 11.3. The summed E-state index contributed by atoms with van der Waals surface area (Å²) in [5, 5.41) is 11.0. The first kappa shape index (κ1) is 13.7. The average Bonchev–Trinajstić information content (AvgIpc) is 3.22. The van der Waals surface area contributed by atoms with E-state index in [2.05, 4.69) is 20.5 Å². The Kier molecular flexibility index (Phi) is 3.36. The number of aromatic nitrogens is 3. The van der Waals surface area contributed by atoms with Gasteiger partial charge in [-0.1, -0.05) is 18.2 Å². The molecule has 1 amide bonds. The van der Waals surface area contributed by atoms with Crippen molar-refractivity contribution in [2.45, 2.75) is 0 Å². The normalized spacial score (nSPS) is 10.8. The van der Waals surface area contributed by atoms with Gasteiger partial charge in [-0.05, 0) is 36.4 Å². The molecule has 4 rings (SSSR count). The van der Waals surface area contributed by atoms with Crippen molar-refractivity contribution in [2.24, 2.45) is 0 Å². The molecule has 0 aliphatic heterocycles. The number of nitrogens with one attached hydrogen (secondary N) is 2. The van der Waals surface area contributed by atoms with Gasteiger partial charge in [-0.25, -0.2) is 4.98 Å². The third-order valence-electron chi connectivity index (χ3n) is 3.44. The highest BCUT2D eigenvalue weighted by Crippen LogP contribution is 2.31. The van der Waals surface area contributed by atoms with Crippen molar-refractivity contribution < 1.29 is 4.79 Å². The summed E-state index contributed by atoms with van der Waals surface area (Å²) >= 11 is 1.42. The molecule has 0 unspecified atom stereocenters. The number of carbonyl (C=O) groups excluding carboxylic acids is 1. The molecule has 0 spiro atoms. The third kappa shape index (κ3) is 2.60. The number of nitrogens with zero attached hydrogens (tertiary/aromatic N) is 2. The number of fused-ring (bicyclic) bond motifs is 1. The van der Waals surface area contributed by atoms with Gasteiger partial charge in [0.25, 0.3) is 5.91 Å². The van der Waals surface area contributed by atoms with E-state index in [4.69, 9.17) is 0 Å². The minimum atomic E-state index is -0.116. The zero-order valence-electron chi connectivity index (χ0n) is 12.0. The summed E-state index contributed by atoms with van der Waals surface area (Å²) in [6.45, 7) is 0. The lowest BCUT2D eigenvalue weighted by Crippen LogP contribution is -2.09. The Balaban J connectivity index is 1.63. The molecule has 5 nitrogen and oxygen atoms in total. The van der Waals surface area contributed by atoms with Gasteiger partial charge in [-0.2, -0.15) is 5.10 Å². The number of thiophene rings is 1. The molecule has 3 aromatic heterocycles. The fraction of sp³-hybridized carbons (Fsp3) is 0. The highest BCUT2D eigenvalue weighted by molar-refractivity contribution is 7.17. The maximum Gasteiger partial charge on any atom is 0.265 e. The van der Waals surface area contributed by atoms with Crippen molar-refractivity contribution >= 4 is 34.0 Å². The molecule has 0 aliphatic carbocycles. The number of rotatable bonds is 3. The fourth-order valence-electron chi connectivity index (χ4n) is 2.35. The van der Waals surface area contributed by atoms with Crippen LogP contribution in [0.15, 0.2) is 60.8 Å². The first-order valence-corrected chi connectivity index (χ1v) is 7.88. The van der Waals surface area contributed by atoms with E-state index >= 15 is 0 Å². The smallest absolute Gasteiger partial charge is 0.265 e. The second kappa shape index (κ2) is 5.66. The summed E-state index contributed by atoms with van der Waals surface area (Å²) in [4.78, 5) is 18.1. The van der Waals surface area contributed by atoms with Crippen LogP contribution < -0.4 is 5.32 Å². The van der Waals surface area contributed by atoms with E-state index in [0.29, 0.717) is 10.5 Å². The quantitative estimate of drug-likeness (QED) is 0.600. The molecular weight excluding hydrogens is 308 g/mol. The summed E-state index contributed by atoms with van der Waals surface area (Å²) in [6.07, 6.45) is 1.71.